The van der Waals surface area contributed by atoms with Crippen molar-refractivity contribution in [3.05, 3.63) is 34.8 Å². The molecular weight excluding hydrogens is 416 g/mol. The number of benzene rings is 1. The van der Waals surface area contributed by atoms with E-state index in [-0.39, 0.29) is 18.3 Å². The van der Waals surface area contributed by atoms with Crippen LogP contribution in [0.2, 0.25) is 0 Å². The van der Waals surface area contributed by atoms with E-state index in [4.69, 9.17) is 9.47 Å². The number of tetrazole rings is 1. The van der Waals surface area contributed by atoms with E-state index >= 15 is 0 Å². The Bertz CT molecular complexity index is 1020. The lowest BCUT2D eigenvalue weighted by atomic mass is 10.3. The van der Waals surface area contributed by atoms with Crippen molar-refractivity contribution in [2.24, 2.45) is 0 Å². The second-order valence-corrected chi connectivity index (χ2v) is 7.51. The molecule has 2 heterocycles. The maximum atomic E-state index is 12.3. The first kappa shape index (κ1) is 20.7. The summed E-state index contributed by atoms with van der Waals surface area (Å²) in [5.74, 6) is -0.00465. The van der Waals surface area contributed by atoms with Crippen molar-refractivity contribution in [1.82, 2.24) is 25.2 Å². The van der Waals surface area contributed by atoms with Crippen LogP contribution in [0.3, 0.4) is 0 Å². The molecule has 0 radical (unpaired) electrons. The average Bonchev–Trinajstić information content (AvgIpc) is 3.33. The predicted molar refractivity (Wildman–Crippen MR) is 108 cm³/mol. The first-order valence-corrected chi connectivity index (χ1v) is 10.3. The highest BCUT2D eigenvalue weighted by atomic mass is 32.2. The summed E-state index contributed by atoms with van der Waals surface area (Å²) in [5, 5.41) is 15.1. The average molecular weight is 435 g/mol. The van der Waals surface area contributed by atoms with Crippen LogP contribution in [0, 0.1) is 6.92 Å². The zero-order valence-electron chi connectivity index (χ0n) is 15.9. The Morgan fingerprint density at radius 3 is 2.93 bits per heavy atom. The molecule has 0 saturated heterocycles. The Morgan fingerprint density at radius 2 is 2.17 bits per heavy atom. The largest absolute Gasteiger partial charge is 0.497 e. The van der Waals surface area contributed by atoms with Gasteiger partial charge in [0.05, 0.1) is 30.9 Å². The van der Waals surface area contributed by atoms with Crippen molar-refractivity contribution >= 4 is 40.1 Å². The summed E-state index contributed by atoms with van der Waals surface area (Å²) in [7, 11) is 1.58. The second kappa shape index (κ2) is 9.47. The van der Waals surface area contributed by atoms with Crippen molar-refractivity contribution in [3.8, 4) is 11.4 Å². The number of carbonyl (C=O) groups excluding carboxylic acids is 2. The van der Waals surface area contributed by atoms with Gasteiger partial charge in [-0.3, -0.25) is 4.79 Å². The molecule has 0 aliphatic carbocycles. The number of hydrogen-bond donors (Lipinski definition) is 1. The molecule has 0 unspecified atom stereocenters. The summed E-state index contributed by atoms with van der Waals surface area (Å²) in [6, 6.07) is 7.26. The van der Waals surface area contributed by atoms with E-state index in [9.17, 15) is 9.59 Å². The predicted octanol–water partition coefficient (Wildman–Crippen LogP) is 2.34. The number of thioether (sulfide) groups is 1. The standard InChI is InChI=1S/C17H18N6O4S2/c1-4-27-15(25)14-10(2)18-16(29-14)19-13(24)9-28-17-20-21-22-23(17)11-6-5-7-12(8-11)26-3/h5-8H,4,9H2,1-3H3,(H,18,19,24). The Balaban J connectivity index is 1.63. The lowest BCUT2D eigenvalue weighted by molar-refractivity contribution is -0.113. The van der Waals surface area contributed by atoms with E-state index in [0.29, 0.717) is 32.3 Å². The Hall–Kier alpha value is -2.99. The molecule has 0 fully saturated rings. The number of nitrogens with zero attached hydrogens (tertiary/aromatic N) is 5. The molecule has 0 atom stereocenters. The van der Waals surface area contributed by atoms with Gasteiger partial charge in [-0.05, 0) is 36.4 Å². The van der Waals surface area contributed by atoms with Crippen LogP contribution in [0.4, 0.5) is 5.13 Å². The lowest BCUT2D eigenvalue weighted by Gasteiger charge is -2.06. The number of carbonyl (C=O) groups is 2. The summed E-state index contributed by atoms with van der Waals surface area (Å²) >= 11 is 2.25. The molecule has 0 bridgehead atoms. The molecule has 3 aromatic rings. The molecule has 29 heavy (non-hydrogen) atoms. The van der Waals surface area contributed by atoms with E-state index in [1.807, 2.05) is 18.2 Å². The van der Waals surface area contributed by atoms with Gasteiger partial charge in [-0.2, -0.15) is 4.68 Å². The number of ether oxygens (including phenoxy) is 2. The van der Waals surface area contributed by atoms with E-state index in [1.54, 1.807) is 27.0 Å². The van der Waals surface area contributed by atoms with E-state index < -0.39 is 5.97 Å². The SMILES string of the molecule is CCOC(=O)c1sc(NC(=O)CSc2nnnn2-c2cccc(OC)c2)nc1C. The number of thiazole rings is 1. The van der Waals surface area contributed by atoms with E-state index in [2.05, 4.69) is 25.8 Å². The van der Waals surface area contributed by atoms with Gasteiger partial charge in [0, 0.05) is 6.07 Å². The Morgan fingerprint density at radius 1 is 1.34 bits per heavy atom. The molecule has 0 aliphatic heterocycles. The van der Waals surface area contributed by atoms with Gasteiger partial charge in [0.2, 0.25) is 11.1 Å². The number of amides is 1. The minimum atomic E-state index is -0.449. The fraction of sp³-hybridized carbons (Fsp3) is 0.294. The first-order chi connectivity index (χ1) is 14.0. The molecule has 12 heteroatoms. The van der Waals surface area contributed by atoms with Gasteiger partial charge in [-0.1, -0.05) is 29.2 Å². The van der Waals surface area contributed by atoms with E-state index in [1.165, 1.54) is 16.4 Å². The highest BCUT2D eigenvalue weighted by molar-refractivity contribution is 7.99. The fourth-order valence-corrected chi connectivity index (χ4v) is 3.86. The number of hydrogen-bond acceptors (Lipinski definition) is 10. The molecule has 0 spiro atoms. The number of aromatic nitrogens is 5. The fourth-order valence-electron chi connectivity index (χ4n) is 2.29. The Kier molecular flexibility index (Phi) is 6.77. The third kappa shape index (κ3) is 5.09. The summed E-state index contributed by atoms with van der Waals surface area (Å²) in [6.07, 6.45) is 0. The minimum Gasteiger partial charge on any atom is -0.497 e. The van der Waals surface area contributed by atoms with Gasteiger partial charge >= 0.3 is 5.97 Å². The Labute approximate surface area is 174 Å². The minimum absolute atomic E-state index is 0.0672. The van der Waals surface area contributed by atoms with Crippen LogP contribution in [0.15, 0.2) is 29.4 Å². The molecule has 10 nitrogen and oxygen atoms in total. The molecule has 3 rings (SSSR count). The third-order valence-corrected chi connectivity index (χ3v) is 5.55. The number of methoxy groups -OCH3 is 1. The van der Waals surface area contributed by atoms with Gasteiger partial charge in [0.15, 0.2) is 5.13 Å². The van der Waals surface area contributed by atoms with Crippen molar-refractivity contribution in [2.75, 3.05) is 24.8 Å². The number of nitrogens with one attached hydrogen (secondary N) is 1. The first-order valence-electron chi connectivity index (χ1n) is 8.51. The van der Waals surface area contributed by atoms with E-state index in [0.717, 1.165) is 11.3 Å². The molecule has 0 aliphatic rings. The molecule has 1 aromatic carbocycles. The van der Waals surface area contributed by atoms with Gasteiger partial charge < -0.3 is 14.8 Å². The van der Waals surface area contributed by atoms with Crippen LogP contribution in [0.5, 0.6) is 5.75 Å². The second-order valence-electron chi connectivity index (χ2n) is 5.57. The maximum Gasteiger partial charge on any atom is 0.350 e. The van der Waals surface area contributed by atoms with Gasteiger partial charge in [0.1, 0.15) is 10.6 Å². The lowest BCUT2D eigenvalue weighted by Crippen LogP contribution is -2.14. The monoisotopic (exact) mass is 434 g/mol. The number of rotatable bonds is 8. The van der Waals surface area contributed by atoms with Crippen LogP contribution in [-0.2, 0) is 9.53 Å². The summed E-state index contributed by atoms with van der Waals surface area (Å²) in [4.78, 5) is 28.7. The normalized spacial score (nSPS) is 10.6. The van der Waals surface area contributed by atoms with Crippen LogP contribution >= 0.6 is 23.1 Å². The van der Waals surface area contributed by atoms with Gasteiger partial charge in [-0.25, -0.2) is 9.78 Å². The number of anilines is 1. The van der Waals surface area contributed by atoms with Crippen LogP contribution in [0.25, 0.3) is 5.69 Å². The summed E-state index contributed by atoms with van der Waals surface area (Å²) in [6.45, 7) is 3.69. The molecule has 0 saturated carbocycles. The van der Waals surface area contributed by atoms with Crippen molar-refractivity contribution in [1.29, 1.82) is 0 Å². The third-order valence-electron chi connectivity index (χ3n) is 3.57. The highest BCUT2D eigenvalue weighted by Crippen LogP contribution is 2.25. The number of aryl methyl sites for hydroxylation is 1. The smallest absolute Gasteiger partial charge is 0.350 e. The summed E-state index contributed by atoms with van der Waals surface area (Å²) in [5.41, 5.74) is 1.23. The zero-order chi connectivity index (χ0) is 20.8. The molecular formula is C17H18N6O4S2. The number of esters is 1. The van der Waals surface area contributed by atoms with Crippen LogP contribution in [-0.4, -0.2) is 56.5 Å². The topological polar surface area (TPSA) is 121 Å². The summed E-state index contributed by atoms with van der Waals surface area (Å²) < 4.78 is 11.7. The van der Waals surface area contributed by atoms with Crippen molar-refractivity contribution in [2.45, 2.75) is 19.0 Å². The molecule has 1 amide bonds. The maximum absolute atomic E-state index is 12.3. The molecule has 152 valence electrons. The van der Waals surface area contributed by atoms with Gasteiger partial charge in [0.25, 0.3) is 0 Å². The van der Waals surface area contributed by atoms with Crippen LogP contribution < -0.4 is 10.1 Å². The van der Waals surface area contributed by atoms with Gasteiger partial charge in [-0.15, -0.1) is 5.10 Å². The quantitative estimate of drug-likeness (QED) is 0.420. The zero-order valence-corrected chi connectivity index (χ0v) is 17.5. The molecule has 2 aromatic heterocycles. The van der Waals surface area contributed by atoms with Crippen LogP contribution in [0.1, 0.15) is 22.3 Å². The molecule has 1 N–H and O–H groups in total. The highest BCUT2D eigenvalue weighted by Gasteiger charge is 2.18. The van der Waals surface area contributed by atoms with Crippen molar-refractivity contribution in [3.63, 3.8) is 0 Å². The van der Waals surface area contributed by atoms with Crippen molar-refractivity contribution < 1.29 is 19.1 Å².